The van der Waals surface area contributed by atoms with Crippen molar-refractivity contribution in [3.05, 3.63) is 449 Å². The zero-order valence-corrected chi connectivity index (χ0v) is 70.2. The predicted molar refractivity (Wildman–Crippen MR) is 541 cm³/mol. The second-order valence-corrected chi connectivity index (χ2v) is 33.7. The molecule has 0 aliphatic rings. The van der Waals surface area contributed by atoms with E-state index in [0.29, 0.717) is 11.6 Å². The molecule has 0 saturated carbocycles. The maximum atomic E-state index is 6.42. The number of benzene rings is 21. The lowest BCUT2D eigenvalue weighted by Gasteiger charge is -2.14. The molecule has 0 spiro atoms. The van der Waals surface area contributed by atoms with Crippen LogP contribution >= 0.6 is 0 Å². The Kier molecular flexibility index (Phi) is 17.2. The molecule has 0 atom stereocenters. The fourth-order valence-electron chi connectivity index (χ4n) is 20.4. The van der Waals surface area contributed by atoms with E-state index in [4.69, 9.17) is 28.8 Å². The van der Waals surface area contributed by atoms with E-state index in [-0.39, 0.29) is 0 Å². The number of hydrogen-bond donors (Lipinski definition) is 0. The van der Waals surface area contributed by atoms with Gasteiger partial charge in [-0.3, -0.25) is 0 Å². The molecule has 0 radical (unpaired) electrons. The Hall–Kier alpha value is -17.5. The van der Waals surface area contributed by atoms with Crippen molar-refractivity contribution in [1.82, 2.24) is 29.1 Å². The quantitative estimate of drug-likeness (QED) is 0.128. The predicted octanol–water partition coefficient (Wildman–Crippen LogP) is 32.9. The zero-order valence-electron chi connectivity index (χ0n) is 70.2. The zero-order chi connectivity index (χ0) is 85.4. The molecular formula is C122H74N6O2. The monoisotopic (exact) mass is 1650 g/mol. The number of fused-ring (bicyclic) bond motifs is 22. The van der Waals surface area contributed by atoms with E-state index in [1.165, 1.54) is 92.5 Å². The van der Waals surface area contributed by atoms with Crippen LogP contribution in [-0.2, 0) is 0 Å². The van der Waals surface area contributed by atoms with Gasteiger partial charge in [-0.1, -0.05) is 322 Å². The molecule has 0 saturated heterocycles. The topological polar surface area (TPSA) is 87.7 Å². The van der Waals surface area contributed by atoms with E-state index >= 15 is 0 Å². The van der Waals surface area contributed by atoms with E-state index in [1.54, 1.807) is 0 Å². The van der Waals surface area contributed by atoms with E-state index < -0.39 is 0 Å². The second kappa shape index (κ2) is 30.2. The molecule has 27 aromatic rings. The number of rotatable bonds is 11. The fraction of sp³-hybridized carbons (Fsp3) is 0. The minimum absolute atomic E-state index is 0.687. The number of para-hydroxylation sites is 4. The molecule has 0 N–H and O–H groups in total. The van der Waals surface area contributed by atoms with E-state index in [2.05, 4.69) is 434 Å². The maximum Gasteiger partial charge on any atom is 0.160 e. The molecule has 0 aliphatic carbocycles. The fourth-order valence-corrected chi connectivity index (χ4v) is 20.4. The highest BCUT2D eigenvalue weighted by molar-refractivity contribution is 6.33. The van der Waals surface area contributed by atoms with Crippen LogP contribution < -0.4 is 0 Å². The molecular weight excluding hydrogens is 1580 g/mol. The van der Waals surface area contributed by atoms with Gasteiger partial charge in [0.25, 0.3) is 0 Å². The molecule has 6 heterocycles. The molecule has 0 amide bonds. The Bertz CT molecular complexity index is 9290. The number of furan rings is 2. The van der Waals surface area contributed by atoms with E-state index in [0.717, 1.165) is 161 Å². The molecule has 6 aromatic heterocycles. The van der Waals surface area contributed by atoms with Crippen molar-refractivity contribution in [2.75, 3.05) is 0 Å². The Morgan fingerprint density at radius 1 is 0.169 bits per heavy atom. The van der Waals surface area contributed by atoms with Crippen LogP contribution in [0.15, 0.2) is 458 Å². The van der Waals surface area contributed by atoms with Crippen LogP contribution in [-0.4, -0.2) is 29.1 Å². The molecule has 21 aromatic carbocycles. The van der Waals surface area contributed by atoms with Crippen molar-refractivity contribution in [3.8, 4) is 112 Å². The third-order valence-corrected chi connectivity index (χ3v) is 26.4. The van der Waals surface area contributed by atoms with Gasteiger partial charge in [0.05, 0.1) is 44.5 Å². The summed E-state index contributed by atoms with van der Waals surface area (Å²) in [5.74, 6) is 1.38. The van der Waals surface area contributed by atoms with Crippen molar-refractivity contribution < 1.29 is 8.83 Å². The summed E-state index contributed by atoms with van der Waals surface area (Å²) in [5.41, 5.74) is 29.6. The molecule has 130 heavy (non-hydrogen) atoms. The number of nitrogens with zero attached hydrogens (tertiary/aromatic N) is 6. The van der Waals surface area contributed by atoms with Crippen LogP contribution in [0.5, 0.6) is 0 Å². The first-order valence-electron chi connectivity index (χ1n) is 44.2. The van der Waals surface area contributed by atoms with Gasteiger partial charge in [-0.05, 0) is 226 Å². The largest absolute Gasteiger partial charge is 0.456 e. The molecule has 8 nitrogen and oxygen atoms in total. The van der Waals surface area contributed by atoms with Crippen molar-refractivity contribution in [2.45, 2.75) is 0 Å². The molecule has 0 unspecified atom stereocenters. The van der Waals surface area contributed by atoms with Gasteiger partial charge in [-0.2, -0.15) is 0 Å². The molecule has 0 fully saturated rings. The van der Waals surface area contributed by atoms with Crippen LogP contribution in [0, 0.1) is 0 Å². The van der Waals surface area contributed by atoms with Gasteiger partial charge in [0, 0.05) is 87.5 Å². The number of hydrogen-bond acceptors (Lipinski definition) is 6. The summed E-state index contributed by atoms with van der Waals surface area (Å²) in [4.78, 5) is 20.9. The summed E-state index contributed by atoms with van der Waals surface area (Å²) in [5, 5.41) is 21.3. The Morgan fingerprint density at radius 3 is 1.08 bits per heavy atom. The van der Waals surface area contributed by atoms with Crippen LogP contribution in [0.2, 0.25) is 0 Å². The Labute approximate surface area is 746 Å². The molecule has 27 rings (SSSR count). The van der Waals surface area contributed by atoms with Gasteiger partial charge in [0.2, 0.25) is 0 Å². The first kappa shape index (κ1) is 74.0. The molecule has 0 bridgehead atoms. The van der Waals surface area contributed by atoms with Gasteiger partial charge in [0.1, 0.15) is 22.3 Å². The highest BCUT2D eigenvalue weighted by Crippen LogP contribution is 2.50. The third kappa shape index (κ3) is 12.2. The summed E-state index contributed by atoms with van der Waals surface area (Å²) in [6.07, 6.45) is 0. The highest BCUT2D eigenvalue weighted by atomic mass is 16.3. The molecule has 8 heteroatoms. The summed E-state index contributed by atoms with van der Waals surface area (Å²) >= 11 is 0. The van der Waals surface area contributed by atoms with Gasteiger partial charge < -0.3 is 18.0 Å². The second-order valence-electron chi connectivity index (χ2n) is 33.7. The average molecular weight is 1660 g/mol. The van der Waals surface area contributed by atoms with Crippen LogP contribution in [0.25, 0.3) is 265 Å². The maximum absolute atomic E-state index is 6.42. The smallest absolute Gasteiger partial charge is 0.160 e. The minimum Gasteiger partial charge on any atom is -0.456 e. The van der Waals surface area contributed by atoms with Crippen LogP contribution in [0.3, 0.4) is 0 Å². The van der Waals surface area contributed by atoms with E-state index in [1.807, 2.05) is 24.3 Å². The first-order valence-corrected chi connectivity index (χ1v) is 44.2. The van der Waals surface area contributed by atoms with Crippen molar-refractivity contribution in [1.29, 1.82) is 0 Å². The normalized spacial score (nSPS) is 11.8. The molecule has 604 valence electrons. The first-order chi connectivity index (χ1) is 64.4. The minimum atomic E-state index is 0.687. The van der Waals surface area contributed by atoms with Crippen molar-refractivity contribution in [2.24, 2.45) is 0 Å². The summed E-state index contributed by atoms with van der Waals surface area (Å²) in [7, 11) is 0. The SMILES string of the molecule is c1ccc(-c2ccc(-c3cccc(-c4nc(-c5ccc(-n6c7ccc8ccccc8c7c7c8ccccc8c(-c8ccc9oc%10ccccc%10c9c8)cc76)cc5)nc5ccccc45)c3)cc2)cc1.c1ccc(-c2cccc(-c3nc(-c4ccc(-n5c6ccc7ccccc7c6c6c7ccccc7c(-c7cccc8oc9ccccc9c78)cc65)cc4)nc4ccccc34)c2)cc1. The third-order valence-electron chi connectivity index (χ3n) is 26.4. The summed E-state index contributed by atoms with van der Waals surface area (Å²) in [6, 6.07) is 160. The van der Waals surface area contributed by atoms with E-state index in [9.17, 15) is 0 Å². The molecule has 0 aliphatic heterocycles. The summed E-state index contributed by atoms with van der Waals surface area (Å²) in [6.45, 7) is 0. The lowest BCUT2D eigenvalue weighted by molar-refractivity contribution is 0.668. The van der Waals surface area contributed by atoms with Gasteiger partial charge in [-0.15, -0.1) is 0 Å². The van der Waals surface area contributed by atoms with Crippen molar-refractivity contribution >= 4 is 152 Å². The lowest BCUT2D eigenvalue weighted by Crippen LogP contribution is -1.97. The van der Waals surface area contributed by atoms with Crippen LogP contribution in [0.4, 0.5) is 0 Å². The van der Waals surface area contributed by atoms with Gasteiger partial charge in [-0.25, -0.2) is 19.9 Å². The Morgan fingerprint density at radius 2 is 0.531 bits per heavy atom. The van der Waals surface area contributed by atoms with Gasteiger partial charge >= 0.3 is 0 Å². The van der Waals surface area contributed by atoms with Crippen molar-refractivity contribution in [3.63, 3.8) is 0 Å². The summed E-state index contributed by atoms with van der Waals surface area (Å²) < 4.78 is 17.6. The number of aromatic nitrogens is 6. The van der Waals surface area contributed by atoms with Gasteiger partial charge in [0.15, 0.2) is 11.6 Å². The van der Waals surface area contributed by atoms with Crippen LogP contribution in [0.1, 0.15) is 0 Å². The standard InChI is InChI=1S/C64H39N3O.C58H35N3O/c1-2-13-40(14-3-1)41-25-27-42(28-26-41)45-16-12-17-47(37-45)63-53-22-8-10-23-56(53)65-64(66-63)44-29-33-48(34-30-44)67-57-35-31-43-15-4-5-18-49(43)61(57)62-52-21-7-6-19-50(52)54(39-58(62)67)46-32-36-60-55(38-46)51-20-9-11-24-59(51)68-60;1-2-14-36(15-3-1)39-17-12-18-40(34-39)57-46-22-8-10-25-49(46)59-58(60-57)38-28-31-41(32-29-38)61-50-33-30-37-16-4-5-19-42(37)55(50)56-44-21-7-6-20-43(44)48(35-51(56)61)45-24-13-27-53-54(45)47-23-9-11-26-52(47)62-53/h1-39H;1-35H. The Balaban J connectivity index is 0.000000137. The lowest BCUT2D eigenvalue weighted by atomic mass is 9.91. The highest BCUT2D eigenvalue weighted by Gasteiger charge is 2.26. The average Bonchev–Trinajstić information content (AvgIpc) is 1.55.